The first kappa shape index (κ1) is 8.51. The average molecular weight is 169 g/mol. The lowest BCUT2D eigenvalue weighted by Gasteiger charge is -2.08. The molecule has 0 aliphatic heterocycles. The molecule has 2 nitrogen and oxygen atoms in total. The molecule has 1 aromatic carbocycles. The molecule has 0 aliphatic carbocycles. The predicted octanol–water partition coefficient (Wildman–Crippen LogP) is 2.15. The molecular formula is C8H12NOP. The van der Waals surface area contributed by atoms with Crippen molar-refractivity contribution in [2.45, 2.75) is 13.8 Å². The van der Waals surface area contributed by atoms with Gasteiger partial charge in [-0.3, -0.25) is 5.50 Å². The highest BCUT2D eigenvalue weighted by Gasteiger charge is 2.00. The van der Waals surface area contributed by atoms with E-state index in [-0.39, 0.29) is 8.96 Å². The van der Waals surface area contributed by atoms with Gasteiger partial charge in [0.1, 0.15) is 14.7 Å². The minimum absolute atomic E-state index is 0.0280. The first-order valence-corrected chi connectivity index (χ1v) is 4.43. The maximum Gasteiger partial charge on any atom is 0.143 e. The van der Waals surface area contributed by atoms with Crippen molar-refractivity contribution >= 4 is 8.96 Å². The Morgan fingerprint density at radius 3 is 2.27 bits per heavy atom. The summed E-state index contributed by atoms with van der Waals surface area (Å²) in [5.74, 6) is 0.924. The molecule has 11 heavy (non-hydrogen) atoms. The molecule has 0 spiro atoms. The van der Waals surface area contributed by atoms with Crippen molar-refractivity contribution in [1.82, 2.24) is 0 Å². The van der Waals surface area contributed by atoms with Crippen molar-refractivity contribution < 1.29 is 4.52 Å². The zero-order chi connectivity index (χ0) is 8.27. The third kappa shape index (κ3) is 1.92. The summed E-state index contributed by atoms with van der Waals surface area (Å²) in [6.45, 7) is 4.03. The monoisotopic (exact) mass is 169 g/mol. The van der Waals surface area contributed by atoms with Crippen molar-refractivity contribution in [3.63, 3.8) is 0 Å². The van der Waals surface area contributed by atoms with Crippen molar-refractivity contribution in [3.8, 4) is 5.75 Å². The van der Waals surface area contributed by atoms with Gasteiger partial charge in [0, 0.05) is 0 Å². The van der Waals surface area contributed by atoms with Crippen LogP contribution in [0.1, 0.15) is 11.1 Å². The Labute approximate surface area is 68.7 Å². The molecule has 0 saturated heterocycles. The Kier molecular flexibility index (Phi) is 2.86. The lowest BCUT2D eigenvalue weighted by molar-refractivity contribution is 0.620. The zero-order valence-electron chi connectivity index (χ0n) is 6.72. The largest absolute Gasteiger partial charge is 0.461 e. The minimum Gasteiger partial charge on any atom is -0.461 e. The van der Waals surface area contributed by atoms with E-state index < -0.39 is 0 Å². The molecule has 0 amide bonds. The van der Waals surface area contributed by atoms with Gasteiger partial charge in [-0.1, -0.05) is 18.2 Å². The van der Waals surface area contributed by atoms with Gasteiger partial charge in [0.15, 0.2) is 0 Å². The Morgan fingerprint density at radius 1 is 1.27 bits per heavy atom. The second-order valence-electron chi connectivity index (χ2n) is 2.44. The first-order valence-electron chi connectivity index (χ1n) is 3.44. The fraction of sp³-hybridized carbons (Fsp3) is 0.250. The van der Waals surface area contributed by atoms with Gasteiger partial charge in [-0.15, -0.1) is 0 Å². The summed E-state index contributed by atoms with van der Waals surface area (Å²) in [6.07, 6.45) is 0. The van der Waals surface area contributed by atoms with Gasteiger partial charge in [-0.05, 0) is 25.0 Å². The van der Waals surface area contributed by atoms with Crippen LogP contribution in [0.4, 0.5) is 0 Å². The average Bonchev–Trinajstić information content (AvgIpc) is 1.97. The fourth-order valence-electron chi connectivity index (χ4n) is 1.02. The lowest BCUT2D eigenvalue weighted by atomic mass is 10.1. The van der Waals surface area contributed by atoms with Crippen LogP contribution in [0.25, 0.3) is 0 Å². The summed E-state index contributed by atoms with van der Waals surface area (Å²) in [7, 11) is 0.0280. The van der Waals surface area contributed by atoms with E-state index in [1.807, 2.05) is 32.0 Å². The molecule has 0 saturated carbocycles. The standard InChI is InChI=1S/C8H12NOP/c1-6-4-3-5-7(2)8(6)10-11-9/h3-5,11H,9H2,1-2H3. The van der Waals surface area contributed by atoms with Gasteiger partial charge in [0.2, 0.25) is 0 Å². The first-order chi connectivity index (χ1) is 5.25. The number of benzene rings is 1. The summed E-state index contributed by atoms with van der Waals surface area (Å²) in [4.78, 5) is 0. The molecule has 1 aromatic rings. The van der Waals surface area contributed by atoms with E-state index >= 15 is 0 Å². The van der Waals surface area contributed by atoms with Crippen LogP contribution in [-0.4, -0.2) is 0 Å². The van der Waals surface area contributed by atoms with Gasteiger partial charge in [-0.25, -0.2) is 0 Å². The maximum absolute atomic E-state index is 5.30. The number of aryl methyl sites for hydroxylation is 2. The minimum atomic E-state index is 0.0280. The Bertz CT molecular complexity index is 230. The van der Waals surface area contributed by atoms with Gasteiger partial charge < -0.3 is 4.52 Å². The number of hydrogen-bond donors (Lipinski definition) is 1. The maximum atomic E-state index is 5.30. The van der Waals surface area contributed by atoms with E-state index in [0.29, 0.717) is 0 Å². The molecular weight excluding hydrogens is 157 g/mol. The van der Waals surface area contributed by atoms with Crippen molar-refractivity contribution in [2.24, 2.45) is 5.50 Å². The molecule has 0 radical (unpaired) electrons. The molecule has 3 heteroatoms. The summed E-state index contributed by atoms with van der Waals surface area (Å²) < 4.78 is 5.27. The molecule has 1 atom stereocenters. The van der Waals surface area contributed by atoms with Gasteiger partial charge >= 0.3 is 0 Å². The lowest BCUT2D eigenvalue weighted by Crippen LogP contribution is -1.89. The Balaban J connectivity index is 3.00. The van der Waals surface area contributed by atoms with Gasteiger partial charge in [0.05, 0.1) is 0 Å². The highest BCUT2D eigenvalue weighted by molar-refractivity contribution is 7.29. The van der Waals surface area contributed by atoms with E-state index in [9.17, 15) is 0 Å². The third-order valence-electron chi connectivity index (χ3n) is 1.57. The van der Waals surface area contributed by atoms with Gasteiger partial charge in [-0.2, -0.15) is 0 Å². The number of rotatable bonds is 2. The molecule has 2 N–H and O–H groups in total. The van der Waals surface area contributed by atoms with Crippen LogP contribution >= 0.6 is 8.96 Å². The number of hydrogen-bond acceptors (Lipinski definition) is 2. The predicted molar refractivity (Wildman–Crippen MR) is 49.0 cm³/mol. The zero-order valence-corrected chi connectivity index (χ0v) is 7.72. The van der Waals surface area contributed by atoms with Crippen molar-refractivity contribution in [1.29, 1.82) is 0 Å². The molecule has 1 rings (SSSR count). The topological polar surface area (TPSA) is 35.2 Å². The van der Waals surface area contributed by atoms with Crippen molar-refractivity contribution in [3.05, 3.63) is 29.3 Å². The van der Waals surface area contributed by atoms with Crippen LogP contribution in [-0.2, 0) is 0 Å². The SMILES string of the molecule is Cc1cccc(C)c1OPN. The van der Waals surface area contributed by atoms with Gasteiger partial charge in [0.25, 0.3) is 0 Å². The number of para-hydroxylation sites is 1. The summed E-state index contributed by atoms with van der Waals surface area (Å²) in [5, 5.41) is 0. The van der Waals surface area contributed by atoms with Crippen LogP contribution in [0, 0.1) is 13.8 Å². The molecule has 0 heterocycles. The molecule has 1 unspecified atom stereocenters. The highest BCUT2D eigenvalue weighted by atomic mass is 31.1. The Hall–Kier alpha value is -0.590. The molecule has 0 fully saturated rings. The summed E-state index contributed by atoms with van der Waals surface area (Å²) >= 11 is 0. The van der Waals surface area contributed by atoms with E-state index in [1.165, 1.54) is 0 Å². The van der Waals surface area contributed by atoms with Crippen LogP contribution in [0.5, 0.6) is 5.75 Å². The van der Waals surface area contributed by atoms with E-state index in [1.54, 1.807) is 0 Å². The second-order valence-corrected chi connectivity index (χ2v) is 2.88. The third-order valence-corrected chi connectivity index (χ3v) is 1.89. The van der Waals surface area contributed by atoms with E-state index in [0.717, 1.165) is 16.9 Å². The smallest absolute Gasteiger partial charge is 0.143 e. The van der Waals surface area contributed by atoms with Crippen LogP contribution in [0.2, 0.25) is 0 Å². The Morgan fingerprint density at radius 2 is 1.82 bits per heavy atom. The van der Waals surface area contributed by atoms with Crippen LogP contribution in [0.3, 0.4) is 0 Å². The van der Waals surface area contributed by atoms with E-state index in [4.69, 9.17) is 10.0 Å². The quantitative estimate of drug-likeness (QED) is 0.688. The normalized spacial score (nSPS) is 10.8. The van der Waals surface area contributed by atoms with Crippen LogP contribution in [0.15, 0.2) is 18.2 Å². The molecule has 60 valence electrons. The van der Waals surface area contributed by atoms with Crippen molar-refractivity contribution in [2.75, 3.05) is 0 Å². The highest BCUT2D eigenvalue weighted by Crippen LogP contribution is 2.25. The second kappa shape index (κ2) is 3.70. The molecule has 0 aromatic heterocycles. The molecule has 0 bridgehead atoms. The van der Waals surface area contributed by atoms with E-state index in [2.05, 4.69) is 0 Å². The fourth-order valence-corrected chi connectivity index (χ4v) is 1.46. The van der Waals surface area contributed by atoms with Crippen LogP contribution < -0.4 is 10.0 Å². The summed E-state index contributed by atoms with van der Waals surface area (Å²) in [6, 6.07) is 6.04. The molecule has 0 aliphatic rings. The number of nitrogens with two attached hydrogens (primary N) is 1. The summed E-state index contributed by atoms with van der Waals surface area (Å²) in [5.41, 5.74) is 7.59.